The van der Waals surface area contributed by atoms with Gasteiger partial charge in [-0.25, -0.2) is 9.97 Å². The van der Waals surface area contributed by atoms with E-state index in [2.05, 4.69) is 216 Å². The number of hydrogen-bond donors (Lipinski definition) is 3. The SMILES string of the molecule is Cc1cccc(N(c2ccc(C=C(c3ccccc3)c3ccccc3)cc2)c2c3nc(c(-c4ccccc4)c4ccc([nH]4)c(C#Cc4ccc(C=C5SC(=S)N(CC(=O)O)C5=O)cc4)c4nc(c(-c5ccccc5)c5ccc2[nH]5)C=C4)C=C3)c1. The molecule has 0 spiro atoms. The topological polar surface area (TPSA) is 118 Å². The Kier molecular flexibility index (Phi) is 14.5. The Balaban J connectivity index is 1.01. The summed E-state index contributed by atoms with van der Waals surface area (Å²) in [6, 6.07) is 75.1. The number of thiocarbonyl (C=S) groups is 1. The lowest BCUT2D eigenvalue weighted by Gasteiger charge is -2.26. The van der Waals surface area contributed by atoms with Crippen LogP contribution in [0.25, 0.3) is 86.3 Å². The molecule has 3 aromatic heterocycles. The van der Waals surface area contributed by atoms with Crippen LogP contribution in [0.2, 0.25) is 0 Å². The van der Waals surface area contributed by atoms with E-state index in [1.165, 1.54) is 0 Å². The number of thioether (sulfide) groups is 1. The van der Waals surface area contributed by atoms with E-state index in [9.17, 15) is 14.7 Å². The molecule has 0 unspecified atom stereocenters. The molecule has 1 amide bonds. The number of aliphatic carboxylic acids is 1. The zero-order valence-electron chi connectivity index (χ0n) is 45.3. The standard InChI is InChI=1S/C73H50N6O3S2/c1-47-15-14-24-56(43-47)79(55-32-29-49(30-33-55)44-58(51-16-6-2-7-17-51)52-18-8-3-9-19-52)71-65-41-39-63(76-65)69(53-20-10-4-11-21-53)61-37-35-59(74-61)57(60-36-38-62(75-60)70(54-22-12-5-13-23-54)64-40-42-66(71)77-64)34-31-48-25-27-50(28-26-48)45-67-72(82)78(46-68(80)81)73(83)84-67/h2-30,32-33,35-45,74,77H,46H2,1H3,(H,80,81). The molecule has 0 aliphatic carbocycles. The van der Waals surface area contributed by atoms with Crippen LogP contribution in [-0.4, -0.2) is 52.7 Å². The monoisotopic (exact) mass is 1120 g/mol. The number of hydrogen-bond acceptors (Lipinski definition) is 7. The summed E-state index contributed by atoms with van der Waals surface area (Å²) in [7, 11) is 0. The van der Waals surface area contributed by atoms with Gasteiger partial charge >= 0.3 is 5.97 Å². The molecule has 3 aliphatic heterocycles. The minimum absolute atomic E-state index is 0.215. The maximum atomic E-state index is 13.0. The second kappa shape index (κ2) is 23.1. The van der Waals surface area contributed by atoms with Gasteiger partial charge < -0.3 is 20.0 Å². The molecule has 402 valence electrons. The van der Waals surface area contributed by atoms with Crippen LogP contribution in [0.1, 0.15) is 61.7 Å². The van der Waals surface area contributed by atoms with E-state index in [1.54, 1.807) is 6.08 Å². The molecule has 1 saturated heterocycles. The van der Waals surface area contributed by atoms with Crippen LogP contribution >= 0.6 is 24.0 Å². The average molecular weight is 1120 g/mol. The van der Waals surface area contributed by atoms with E-state index in [-0.39, 0.29) is 4.32 Å². The molecule has 0 radical (unpaired) electrons. The van der Waals surface area contributed by atoms with E-state index in [4.69, 9.17) is 22.2 Å². The number of nitrogens with zero attached hydrogens (tertiary/aromatic N) is 4. The number of carbonyl (C=O) groups excluding carboxylic acids is 1. The molecule has 10 aromatic rings. The van der Waals surface area contributed by atoms with Gasteiger partial charge in [-0.3, -0.25) is 14.5 Å². The predicted octanol–water partition coefficient (Wildman–Crippen LogP) is 17.0. The number of H-pyrrole nitrogens is 2. The van der Waals surface area contributed by atoms with Crippen molar-refractivity contribution in [3.63, 3.8) is 0 Å². The number of amides is 1. The highest BCUT2D eigenvalue weighted by molar-refractivity contribution is 8.26. The van der Waals surface area contributed by atoms with Crippen LogP contribution in [0.15, 0.2) is 223 Å². The molecule has 7 aromatic carbocycles. The third-order valence-corrected chi connectivity index (χ3v) is 16.1. The molecule has 11 heteroatoms. The van der Waals surface area contributed by atoms with E-state index in [0.29, 0.717) is 16.2 Å². The molecular weight excluding hydrogens is 1070 g/mol. The van der Waals surface area contributed by atoms with Crippen molar-refractivity contribution >= 4 is 121 Å². The number of carboxylic acid groups (broad SMARTS) is 1. The zero-order chi connectivity index (χ0) is 57.1. The van der Waals surface area contributed by atoms with Gasteiger partial charge in [0, 0.05) is 39.1 Å². The zero-order valence-corrected chi connectivity index (χ0v) is 47.0. The minimum atomic E-state index is -1.13. The summed E-state index contributed by atoms with van der Waals surface area (Å²) in [6.07, 6.45) is 12.3. The largest absolute Gasteiger partial charge is 0.480 e. The van der Waals surface area contributed by atoms with Crippen molar-refractivity contribution in [2.45, 2.75) is 6.92 Å². The minimum Gasteiger partial charge on any atom is -0.480 e. The predicted molar refractivity (Wildman–Crippen MR) is 349 cm³/mol. The average Bonchev–Trinajstić information content (AvgIpc) is 3.17. The Morgan fingerprint density at radius 2 is 1.12 bits per heavy atom. The summed E-state index contributed by atoms with van der Waals surface area (Å²) in [5.74, 6) is 5.37. The fourth-order valence-corrected chi connectivity index (χ4v) is 12.0. The van der Waals surface area contributed by atoms with Crippen molar-refractivity contribution in [2.24, 2.45) is 0 Å². The summed E-state index contributed by atoms with van der Waals surface area (Å²) in [5, 5.41) is 9.33. The molecule has 1 fully saturated rings. The van der Waals surface area contributed by atoms with E-state index in [1.807, 2.05) is 66.7 Å². The van der Waals surface area contributed by atoms with Crippen LogP contribution in [-0.2, 0) is 9.59 Å². The molecule has 0 atom stereocenters. The third kappa shape index (κ3) is 10.9. The number of carboxylic acids is 1. The number of nitrogens with one attached hydrogen (secondary N) is 2. The van der Waals surface area contributed by atoms with Crippen LogP contribution in [0.3, 0.4) is 0 Å². The lowest BCUT2D eigenvalue weighted by atomic mass is 9.95. The Bertz CT molecular complexity index is 4530. The number of fused-ring (bicyclic) bond motifs is 8. The molecule has 13 rings (SSSR count). The van der Waals surface area contributed by atoms with E-state index in [0.717, 1.165) is 134 Å². The summed E-state index contributed by atoms with van der Waals surface area (Å²) in [5.41, 5.74) is 20.7. The fraction of sp³-hybridized carbons (Fsp3) is 0.0274. The lowest BCUT2D eigenvalue weighted by molar-refractivity contribution is -0.140. The Morgan fingerprint density at radius 3 is 1.73 bits per heavy atom. The molecule has 0 saturated carbocycles. The molecule has 3 aliphatic rings. The number of aromatic nitrogens is 4. The normalized spacial score (nSPS) is 13.0. The first-order chi connectivity index (χ1) is 41.2. The molecular formula is C73H50N6O3S2. The number of aromatic amines is 2. The van der Waals surface area contributed by atoms with Crippen molar-refractivity contribution in [1.82, 2.24) is 24.8 Å². The summed E-state index contributed by atoms with van der Waals surface area (Å²) in [6.45, 7) is 1.64. The highest BCUT2D eigenvalue weighted by Crippen LogP contribution is 2.43. The lowest BCUT2D eigenvalue weighted by Crippen LogP contribution is -2.33. The first kappa shape index (κ1) is 52.7. The molecule has 3 N–H and O–H groups in total. The highest BCUT2D eigenvalue weighted by atomic mass is 32.2. The van der Waals surface area contributed by atoms with E-state index >= 15 is 0 Å². The summed E-state index contributed by atoms with van der Waals surface area (Å²) < 4.78 is 0.215. The van der Waals surface area contributed by atoms with Crippen molar-refractivity contribution in [3.8, 4) is 34.1 Å². The van der Waals surface area contributed by atoms with Gasteiger partial charge in [-0.05, 0) is 149 Å². The third-order valence-electron chi connectivity index (χ3n) is 14.7. The van der Waals surface area contributed by atoms with Gasteiger partial charge in [0.25, 0.3) is 5.91 Å². The van der Waals surface area contributed by atoms with Crippen molar-refractivity contribution in [3.05, 3.63) is 285 Å². The first-order valence-corrected chi connectivity index (χ1v) is 28.6. The van der Waals surface area contributed by atoms with Gasteiger partial charge in [0.1, 0.15) is 10.9 Å². The van der Waals surface area contributed by atoms with Crippen LogP contribution in [0, 0.1) is 18.8 Å². The summed E-state index contributed by atoms with van der Waals surface area (Å²) >= 11 is 6.41. The van der Waals surface area contributed by atoms with Gasteiger partial charge in [-0.1, -0.05) is 194 Å². The van der Waals surface area contributed by atoms with Crippen molar-refractivity contribution in [2.75, 3.05) is 11.4 Å². The Hall–Kier alpha value is -10.6. The van der Waals surface area contributed by atoms with Gasteiger partial charge in [0.2, 0.25) is 0 Å². The van der Waals surface area contributed by atoms with Crippen LogP contribution in [0.5, 0.6) is 0 Å². The molecule has 8 bridgehead atoms. The second-order valence-electron chi connectivity index (χ2n) is 20.3. The highest BCUT2D eigenvalue weighted by Gasteiger charge is 2.33. The molecule has 84 heavy (non-hydrogen) atoms. The second-order valence-corrected chi connectivity index (χ2v) is 22.0. The van der Waals surface area contributed by atoms with Gasteiger partial charge in [0.05, 0.1) is 50.0 Å². The number of benzene rings is 7. The smallest absolute Gasteiger partial charge is 0.323 e. The molecule has 9 nitrogen and oxygen atoms in total. The quantitative estimate of drug-likeness (QED) is 0.0507. The van der Waals surface area contributed by atoms with Gasteiger partial charge in [-0.2, -0.15) is 0 Å². The van der Waals surface area contributed by atoms with Crippen LogP contribution in [0.4, 0.5) is 17.1 Å². The van der Waals surface area contributed by atoms with E-state index < -0.39 is 18.4 Å². The first-order valence-electron chi connectivity index (χ1n) is 27.3. The number of anilines is 3. The number of aryl methyl sites for hydroxylation is 1. The Morgan fingerprint density at radius 1 is 0.583 bits per heavy atom. The number of carbonyl (C=O) groups is 2. The summed E-state index contributed by atoms with van der Waals surface area (Å²) in [4.78, 5) is 47.0. The van der Waals surface area contributed by atoms with Gasteiger partial charge in [-0.15, -0.1) is 0 Å². The van der Waals surface area contributed by atoms with Crippen molar-refractivity contribution < 1.29 is 14.7 Å². The Labute approximate surface area is 495 Å². The van der Waals surface area contributed by atoms with Gasteiger partial charge in [0.15, 0.2) is 0 Å². The number of rotatable bonds is 11. The van der Waals surface area contributed by atoms with Crippen molar-refractivity contribution in [1.29, 1.82) is 0 Å². The maximum absolute atomic E-state index is 13.0. The van der Waals surface area contributed by atoms with Crippen LogP contribution < -0.4 is 4.90 Å². The fourth-order valence-electron chi connectivity index (χ4n) is 10.7. The molecule has 6 heterocycles. The maximum Gasteiger partial charge on any atom is 0.323 e.